The predicted molar refractivity (Wildman–Crippen MR) is 58.4 cm³/mol. The van der Waals surface area contributed by atoms with E-state index in [0.717, 1.165) is 17.0 Å². The first-order valence-electron chi connectivity index (χ1n) is 4.77. The highest BCUT2D eigenvalue weighted by Gasteiger charge is 2.05. The van der Waals surface area contributed by atoms with Crippen molar-refractivity contribution in [2.24, 2.45) is 0 Å². The molecule has 0 spiro atoms. The van der Waals surface area contributed by atoms with Crippen molar-refractivity contribution in [3.8, 4) is 0 Å². The third-order valence-corrected chi connectivity index (χ3v) is 2.99. The van der Waals surface area contributed by atoms with Crippen LogP contribution in [0.25, 0.3) is 0 Å². The van der Waals surface area contributed by atoms with E-state index in [0.29, 0.717) is 12.8 Å². The Morgan fingerprint density at radius 2 is 2.00 bits per heavy atom. The van der Waals surface area contributed by atoms with Gasteiger partial charge < -0.3 is 0 Å². The highest BCUT2D eigenvalue weighted by Crippen LogP contribution is 2.09. The second kappa shape index (κ2) is 4.72. The van der Waals surface area contributed by atoms with Crippen molar-refractivity contribution in [3.63, 3.8) is 0 Å². The second-order valence-electron chi connectivity index (χ2n) is 3.59. The molecule has 0 aliphatic carbocycles. The van der Waals surface area contributed by atoms with Crippen molar-refractivity contribution in [3.05, 3.63) is 29.1 Å². The molecular formula is C10H15NO3S. The number of nitrogens with zero attached hydrogens (tertiary/aromatic N) is 1. The molecule has 0 saturated heterocycles. The van der Waals surface area contributed by atoms with E-state index in [1.54, 1.807) is 0 Å². The zero-order chi connectivity index (χ0) is 11.5. The maximum Gasteiger partial charge on any atom is 0.264 e. The zero-order valence-electron chi connectivity index (χ0n) is 8.90. The van der Waals surface area contributed by atoms with Crippen LogP contribution in [0.15, 0.2) is 12.1 Å². The molecule has 1 aromatic rings. The third kappa shape index (κ3) is 4.40. The van der Waals surface area contributed by atoms with Crippen LogP contribution in [0, 0.1) is 13.8 Å². The number of hydrogen-bond donors (Lipinski definition) is 1. The molecule has 0 radical (unpaired) electrons. The Hall–Kier alpha value is -0.940. The highest BCUT2D eigenvalue weighted by molar-refractivity contribution is 7.85. The van der Waals surface area contributed by atoms with E-state index >= 15 is 0 Å². The van der Waals surface area contributed by atoms with Gasteiger partial charge in [-0.25, -0.2) is 0 Å². The van der Waals surface area contributed by atoms with E-state index in [-0.39, 0.29) is 5.75 Å². The van der Waals surface area contributed by atoms with Crippen LogP contribution in [0.2, 0.25) is 0 Å². The number of hydrogen-bond acceptors (Lipinski definition) is 3. The maximum atomic E-state index is 10.5. The van der Waals surface area contributed by atoms with Crippen molar-refractivity contribution >= 4 is 10.1 Å². The quantitative estimate of drug-likeness (QED) is 0.795. The highest BCUT2D eigenvalue weighted by atomic mass is 32.2. The topological polar surface area (TPSA) is 67.3 Å². The number of rotatable bonds is 4. The van der Waals surface area contributed by atoms with Crippen molar-refractivity contribution in [1.29, 1.82) is 0 Å². The van der Waals surface area contributed by atoms with Gasteiger partial charge in [-0.05, 0) is 38.3 Å². The van der Waals surface area contributed by atoms with Crippen LogP contribution < -0.4 is 0 Å². The maximum absolute atomic E-state index is 10.5. The van der Waals surface area contributed by atoms with Crippen molar-refractivity contribution in [2.45, 2.75) is 26.7 Å². The Morgan fingerprint density at radius 3 is 2.53 bits per heavy atom. The molecule has 0 atom stereocenters. The summed E-state index contributed by atoms with van der Waals surface area (Å²) in [4.78, 5) is 4.28. The summed E-state index contributed by atoms with van der Waals surface area (Å²) in [6.45, 7) is 3.81. The first-order chi connectivity index (χ1) is 6.88. The molecule has 0 amide bonds. The Balaban J connectivity index is 2.59. The summed E-state index contributed by atoms with van der Waals surface area (Å²) >= 11 is 0. The fourth-order valence-electron chi connectivity index (χ4n) is 1.42. The van der Waals surface area contributed by atoms with Crippen molar-refractivity contribution in [1.82, 2.24) is 4.98 Å². The minimum atomic E-state index is -3.84. The molecule has 0 aliphatic rings. The summed E-state index contributed by atoms with van der Waals surface area (Å²) < 4.78 is 29.6. The zero-order valence-corrected chi connectivity index (χ0v) is 9.71. The Morgan fingerprint density at radius 1 is 1.33 bits per heavy atom. The lowest BCUT2D eigenvalue weighted by molar-refractivity contribution is 0.481. The van der Waals surface area contributed by atoms with Crippen LogP contribution in [0.4, 0.5) is 0 Å². The molecule has 0 bridgehead atoms. The first kappa shape index (κ1) is 12.1. The number of aryl methyl sites for hydroxylation is 3. The first-order valence-corrected chi connectivity index (χ1v) is 6.38. The van der Waals surface area contributed by atoms with Gasteiger partial charge in [0.1, 0.15) is 0 Å². The molecule has 0 aliphatic heterocycles. The fraction of sp³-hybridized carbons (Fsp3) is 0.500. The molecule has 1 heterocycles. The second-order valence-corrected chi connectivity index (χ2v) is 5.16. The molecule has 0 unspecified atom stereocenters. The van der Waals surface area contributed by atoms with Crippen LogP contribution in [-0.2, 0) is 16.5 Å². The van der Waals surface area contributed by atoms with Gasteiger partial charge in [0.15, 0.2) is 0 Å². The summed E-state index contributed by atoms with van der Waals surface area (Å²) in [5, 5.41) is 0. The van der Waals surface area contributed by atoms with E-state index in [1.807, 2.05) is 26.0 Å². The third-order valence-electron chi connectivity index (χ3n) is 2.18. The summed E-state index contributed by atoms with van der Waals surface area (Å²) in [7, 11) is -3.84. The lowest BCUT2D eigenvalue weighted by Crippen LogP contribution is -2.05. The van der Waals surface area contributed by atoms with Crippen LogP contribution in [0.5, 0.6) is 0 Å². The molecule has 1 rings (SSSR count). The monoisotopic (exact) mass is 229 g/mol. The van der Waals surface area contributed by atoms with Gasteiger partial charge in [-0.2, -0.15) is 8.42 Å². The molecule has 1 N–H and O–H groups in total. The Bertz CT molecular complexity index is 440. The minimum absolute atomic E-state index is 0.194. The van der Waals surface area contributed by atoms with Crippen LogP contribution in [0.3, 0.4) is 0 Å². The summed E-state index contributed by atoms with van der Waals surface area (Å²) in [5.74, 6) is -0.194. The van der Waals surface area contributed by atoms with Crippen LogP contribution in [-0.4, -0.2) is 23.7 Å². The summed E-state index contributed by atoms with van der Waals surface area (Å²) in [6.07, 6.45) is 1.04. The molecule has 0 fully saturated rings. The normalized spacial score (nSPS) is 11.7. The minimum Gasteiger partial charge on any atom is -0.286 e. The van der Waals surface area contributed by atoms with Gasteiger partial charge in [-0.15, -0.1) is 0 Å². The average molecular weight is 229 g/mol. The van der Waals surface area contributed by atoms with Crippen LogP contribution in [0.1, 0.15) is 23.4 Å². The lowest BCUT2D eigenvalue weighted by Gasteiger charge is -2.04. The van der Waals surface area contributed by atoms with Gasteiger partial charge in [0, 0.05) is 11.4 Å². The number of aromatic nitrogens is 1. The SMILES string of the molecule is Cc1ccc(CCCS(=O)(=O)O)c(C)n1. The van der Waals surface area contributed by atoms with Gasteiger partial charge in [0.25, 0.3) is 10.1 Å². The Kier molecular flexibility index (Phi) is 3.82. The molecule has 84 valence electrons. The molecule has 0 saturated carbocycles. The van der Waals surface area contributed by atoms with E-state index in [4.69, 9.17) is 4.55 Å². The standard InChI is InChI=1S/C10H15NO3S/c1-8-5-6-10(9(2)11-8)4-3-7-15(12,13)14/h5-6H,3-4,7H2,1-2H3,(H,12,13,14). The van der Waals surface area contributed by atoms with Crippen molar-refractivity contribution in [2.75, 3.05) is 5.75 Å². The molecular weight excluding hydrogens is 214 g/mol. The van der Waals surface area contributed by atoms with Gasteiger partial charge in [-0.3, -0.25) is 9.54 Å². The average Bonchev–Trinajstić information content (AvgIpc) is 2.07. The number of pyridine rings is 1. The van der Waals surface area contributed by atoms with Crippen molar-refractivity contribution < 1.29 is 13.0 Å². The molecule has 1 aromatic heterocycles. The van der Waals surface area contributed by atoms with E-state index in [9.17, 15) is 8.42 Å². The summed E-state index contributed by atoms with van der Waals surface area (Å²) in [5.41, 5.74) is 2.90. The van der Waals surface area contributed by atoms with E-state index < -0.39 is 10.1 Å². The summed E-state index contributed by atoms with van der Waals surface area (Å²) in [6, 6.07) is 3.84. The fourth-order valence-corrected chi connectivity index (χ4v) is 1.93. The smallest absolute Gasteiger partial charge is 0.264 e. The van der Waals surface area contributed by atoms with E-state index in [2.05, 4.69) is 4.98 Å². The van der Waals surface area contributed by atoms with Gasteiger partial charge in [0.05, 0.1) is 5.75 Å². The molecule has 0 aromatic carbocycles. The van der Waals surface area contributed by atoms with Gasteiger partial charge >= 0.3 is 0 Å². The van der Waals surface area contributed by atoms with Crippen LogP contribution >= 0.6 is 0 Å². The lowest BCUT2D eigenvalue weighted by atomic mass is 10.1. The largest absolute Gasteiger partial charge is 0.286 e. The van der Waals surface area contributed by atoms with Gasteiger partial charge in [-0.1, -0.05) is 6.07 Å². The van der Waals surface area contributed by atoms with Gasteiger partial charge in [0.2, 0.25) is 0 Å². The molecule has 4 nitrogen and oxygen atoms in total. The van der Waals surface area contributed by atoms with E-state index in [1.165, 1.54) is 0 Å². The predicted octanol–water partition coefficient (Wildman–Crippen LogP) is 1.52. The molecule has 5 heteroatoms. The Labute approximate surface area is 90.1 Å². The molecule has 15 heavy (non-hydrogen) atoms.